The molecule has 0 aliphatic carbocycles. The first kappa shape index (κ1) is 18.9. The van der Waals surface area contributed by atoms with E-state index < -0.39 is 0 Å². The number of rotatable bonds is 3. The van der Waals surface area contributed by atoms with Crippen LogP contribution in [0.25, 0.3) is 5.69 Å². The molecule has 0 spiro atoms. The van der Waals surface area contributed by atoms with Gasteiger partial charge >= 0.3 is 0 Å². The fraction of sp³-hybridized carbons (Fsp3) is 0.500. The van der Waals surface area contributed by atoms with Crippen LogP contribution in [-0.2, 0) is 0 Å². The first-order valence-electron chi connectivity index (χ1n) is 9.58. The van der Waals surface area contributed by atoms with Crippen molar-refractivity contribution in [1.29, 1.82) is 0 Å². The van der Waals surface area contributed by atoms with Crippen molar-refractivity contribution in [2.75, 3.05) is 49.2 Å². The highest BCUT2D eigenvalue weighted by atomic mass is 32.2. The fourth-order valence-electron chi connectivity index (χ4n) is 3.69. The number of thioether (sulfide) groups is 2. The second-order valence-corrected chi connectivity index (χ2v) is 9.30. The largest absolute Gasteiger partial charge is 0.337 e. The van der Waals surface area contributed by atoms with Gasteiger partial charge in [0.25, 0.3) is 5.91 Å². The second kappa shape index (κ2) is 9.17. The van der Waals surface area contributed by atoms with E-state index >= 15 is 0 Å². The quantitative estimate of drug-likeness (QED) is 0.790. The number of carbonyl (C=O) groups excluding carboxylic acids is 1. The third-order valence-electron chi connectivity index (χ3n) is 5.24. The first-order valence-corrected chi connectivity index (χ1v) is 11.9. The lowest BCUT2D eigenvalue weighted by atomic mass is 10.1. The Balaban J connectivity index is 1.37. The summed E-state index contributed by atoms with van der Waals surface area (Å²) in [5.74, 6) is 5.16. The standard InChI is InChI=1S/C20H26N4OS2/c25-20(17-2-4-18(5-3-17)24-9-6-21-16-24)23-8-1-7-22(10-11-23)19-14-26-12-13-27-15-19/h2-6,9,16,19H,1,7-8,10-15H2. The summed E-state index contributed by atoms with van der Waals surface area (Å²) < 4.78 is 1.95. The fourth-order valence-corrected chi connectivity index (χ4v) is 6.32. The van der Waals surface area contributed by atoms with Gasteiger partial charge in [0.2, 0.25) is 0 Å². The molecule has 144 valence electrons. The molecule has 0 saturated carbocycles. The summed E-state index contributed by atoms with van der Waals surface area (Å²) in [4.78, 5) is 21.7. The Hall–Kier alpha value is -1.44. The summed E-state index contributed by atoms with van der Waals surface area (Å²) in [7, 11) is 0. The van der Waals surface area contributed by atoms with Gasteiger partial charge in [-0.15, -0.1) is 0 Å². The molecule has 0 unspecified atom stereocenters. The van der Waals surface area contributed by atoms with E-state index in [4.69, 9.17) is 0 Å². The Morgan fingerprint density at radius 2 is 1.78 bits per heavy atom. The molecule has 0 N–H and O–H groups in total. The van der Waals surface area contributed by atoms with Gasteiger partial charge in [-0.05, 0) is 30.7 Å². The number of benzene rings is 1. The molecule has 3 heterocycles. The van der Waals surface area contributed by atoms with E-state index in [0.717, 1.165) is 43.9 Å². The SMILES string of the molecule is O=C(c1ccc(-n2ccnc2)cc1)N1CCCN(C2CSCCSC2)CC1. The number of nitrogens with zero attached hydrogens (tertiary/aromatic N) is 4. The summed E-state index contributed by atoms with van der Waals surface area (Å²) in [6.45, 7) is 3.78. The highest BCUT2D eigenvalue weighted by molar-refractivity contribution is 8.03. The highest BCUT2D eigenvalue weighted by Gasteiger charge is 2.25. The van der Waals surface area contributed by atoms with Crippen LogP contribution in [0.3, 0.4) is 0 Å². The zero-order chi connectivity index (χ0) is 18.5. The van der Waals surface area contributed by atoms with Gasteiger partial charge in [0.15, 0.2) is 0 Å². The van der Waals surface area contributed by atoms with Gasteiger partial charge in [0, 0.05) is 78.9 Å². The molecule has 2 aliphatic rings. The summed E-state index contributed by atoms with van der Waals surface area (Å²) in [5.41, 5.74) is 1.79. The van der Waals surface area contributed by atoms with Crippen molar-refractivity contribution in [1.82, 2.24) is 19.4 Å². The number of hydrogen-bond donors (Lipinski definition) is 0. The van der Waals surface area contributed by atoms with E-state index in [0.29, 0.717) is 6.04 Å². The molecule has 0 bridgehead atoms. The minimum atomic E-state index is 0.152. The third-order valence-corrected chi connectivity index (χ3v) is 7.73. The van der Waals surface area contributed by atoms with Crippen LogP contribution in [0.4, 0.5) is 0 Å². The van der Waals surface area contributed by atoms with Crippen molar-refractivity contribution in [3.05, 3.63) is 48.5 Å². The van der Waals surface area contributed by atoms with Crippen LogP contribution in [0.2, 0.25) is 0 Å². The van der Waals surface area contributed by atoms with Crippen molar-refractivity contribution in [3.63, 3.8) is 0 Å². The molecule has 0 radical (unpaired) electrons. The van der Waals surface area contributed by atoms with Crippen molar-refractivity contribution in [2.24, 2.45) is 0 Å². The Kier molecular flexibility index (Phi) is 6.42. The maximum atomic E-state index is 13.0. The monoisotopic (exact) mass is 402 g/mol. The minimum absolute atomic E-state index is 0.152. The van der Waals surface area contributed by atoms with Crippen LogP contribution < -0.4 is 0 Å². The molecule has 2 aliphatic heterocycles. The average Bonchev–Trinajstić information content (AvgIpc) is 2.96. The zero-order valence-electron chi connectivity index (χ0n) is 15.5. The molecule has 7 heteroatoms. The molecular formula is C20H26N4OS2. The lowest BCUT2D eigenvalue weighted by molar-refractivity contribution is 0.0759. The van der Waals surface area contributed by atoms with E-state index in [9.17, 15) is 4.79 Å². The average molecular weight is 403 g/mol. The molecule has 27 heavy (non-hydrogen) atoms. The Morgan fingerprint density at radius 3 is 2.48 bits per heavy atom. The van der Waals surface area contributed by atoms with Gasteiger partial charge in [0.1, 0.15) is 0 Å². The van der Waals surface area contributed by atoms with Gasteiger partial charge in [0.05, 0.1) is 6.33 Å². The number of hydrogen-bond acceptors (Lipinski definition) is 5. The van der Waals surface area contributed by atoms with E-state index in [1.807, 2.05) is 39.9 Å². The molecule has 2 aromatic rings. The maximum absolute atomic E-state index is 13.0. The van der Waals surface area contributed by atoms with Crippen molar-refractivity contribution in [2.45, 2.75) is 12.5 Å². The van der Waals surface area contributed by atoms with Crippen LogP contribution in [0.5, 0.6) is 0 Å². The molecule has 2 fully saturated rings. The lowest BCUT2D eigenvalue weighted by Crippen LogP contribution is -2.42. The molecule has 1 aromatic heterocycles. The molecule has 4 rings (SSSR count). The molecule has 5 nitrogen and oxygen atoms in total. The molecule has 1 aromatic carbocycles. The molecular weight excluding hydrogens is 376 g/mol. The molecule has 1 amide bonds. The first-order chi connectivity index (χ1) is 13.3. The van der Waals surface area contributed by atoms with E-state index in [2.05, 4.69) is 33.4 Å². The van der Waals surface area contributed by atoms with Gasteiger partial charge in [-0.25, -0.2) is 4.98 Å². The zero-order valence-corrected chi connectivity index (χ0v) is 17.1. The predicted octanol–water partition coefficient (Wildman–Crippen LogP) is 2.87. The van der Waals surface area contributed by atoms with Crippen molar-refractivity contribution in [3.8, 4) is 5.69 Å². The third kappa shape index (κ3) is 4.70. The van der Waals surface area contributed by atoms with Crippen molar-refractivity contribution >= 4 is 29.4 Å². The van der Waals surface area contributed by atoms with E-state index in [-0.39, 0.29) is 5.91 Å². The van der Waals surface area contributed by atoms with Crippen LogP contribution in [0.15, 0.2) is 43.0 Å². The summed E-state index contributed by atoms with van der Waals surface area (Å²) in [5, 5.41) is 0. The summed E-state index contributed by atoms with van der Waals surface area (Å²) in [6, 6.07) is 8.49. The number of aromatic nitrogens is 2. The summed E-state index contributed by atoms with van der Waals surface area (Å²) in [6.07, 6.45) is 6.49. The second-order valence-electron chi connectivity index (χ2n) is 7.00. The van der Waals surface area contributed by atoms with Crippen molar-refractivity contribution < 1.29 is 4.79 Å². The Morgan fingerprint density at radius 1 is 1.00 bits per heavy atom. The van der Waals surface area contributed by atoms with Crippen LogP contribution in [0.1, 0.15) is 16.8 Å². The topological polar surface area (TPSA) is 41.4 Å². The van der Waals surface area contributed by atoms with Crippen LogP contribution in [-0.4, -0.2) is 80.5 Å². The lowest BCUT2D eigenvalue weighted by Gasteiger charge is -2.29. The Labute approximate surface area is 169 Å². The van der Waals surface area contributed by atoms with Crippen LogP contribution in [0, 0.1) is 0 Å². The number of amides is 1. The molecule has 2 saturated heterocycles. The van der Waals surface area contributed by atoms with Gasteiger partial charge in [-0.3, -0.25) is 9.69 Å². The molecule has 0 atom stereocenters. The van der Waals surface area contributed by atoms with Crippen LogP contribution >= 0.6 is 23.5 Å². The normalized spacial score (nSPS) is 20.2. The highest BCUT2D eigenvalue weighted by Crippen LogP contribution is 2.22. The maximum Gasteiger partial charge on any atom is 0.253 e. The number of carbonyl (C=O) groups is 1. The van der Waals surface area contributed by atoms with Gasteiger partial charge < -0.3 is 9.47 Å². The van der Waals surface area contributed by atoms with Gasteiger partial charge in [-0.2, -0.15) is 23.5 Å². The smallest absolute Gasteiger partial charge is 0.253 e. The van der Waals surface area contributed by atoms with Gasteiger partial charge in [-0.1, -0.05) is 0 Å². The number of imidazole rings is 1. The predicted molar refractivity (Wildman–Crippen MR) is 114 cm³/mol. The Bertz CT molecular complexity index is 727. The minimum Gasteiger partial charge on any atom is -0.337 e. The van der Waals surface area contributed by atoms with E-state index in [1.54, 1.807) is 12.5 Å². The van der Waals surface area contributed by atoms with E-state index in [1.165, 1.54) is 23.0 Å². The summed E-state index contributed by atoms with van der Waals surface area (Å²) >= 11 is 4.16.